The van der Waals surface area contributed by atoms with E-state index in [0.29, 0.717) is 17.0 Å². The molecule has 0 bridgehead atoms. The van der Waals surface area contributed by atoms with Crippen molar-refractivity contribution in [3.63, 3.8) is 0 Å². The van der Waals surface area contributed by atoms with Gasteiger partial charge < -0.3 is 25.6 Å². The number of likely N-dealkylation sites (tertiary alicyclic amines) is 1. The Hall–Kier alpha value is -3.53. The van der Waals surface area contributed by atoms with E-state index in [1.165, 1.54) is 18.3 Å². The van der Waals surface area contributed by atoms with Crippen molar-refractivity contribution in [2.45, 2.75) is 63.5 Å². The molecule has 208 valence electrons. The van der Waals surface area contributed by atoms with Gasteiger partial charge in [-0.25, -0.2) is 13.8 Å². The summed E-state index contributed by atoms with van der Waals surface area (Å²) in [6, 6.07) is 5.21. The van der Waals surface area contributed by atoms with Crippen LogP contribution in [0.15, 0.2) is 47.7 Å². The zero-order valence-electron chi connectivity index (χ0n) is 22.7. The third kappa shape index (κ3) is 6.38. The Bertz CT molecular complexity index is 1280. The van der Waals surface area contributed by atoms with Crippen molar-refractivity contribution in [1.29, 1.82) is 0 Å². The van der Waals surface area contributed by atoms with Crippen LogP contribution in [-0.2, 0) is 5.92 Å². The number of nitrogens with zero attached hydrogens (tertiary/aromatic N) is 3. The van der Waals surface area contributed by atoms with Crippen LogP contribution in [-0.4, -0.2) is 60.1 Å². The molecule has 1 fully saturated rings. The second kappa shape index (κ2) is 11.3. The minimum atomic E-state index is -3.10. The van der Waals surface area contributed by atoms with Crippen molar-refractivity contribution in [3.8, 4) is 5.75 Å². The summed E-state index contributed by atoms with van der Waals surface area (Å²) in [6.45, 7) is 2.75. The first-order valence-corrected chi connectivity index (χ1v) is 13.5. The Morgan fingerprint density at radius 2 is 1.97 bits per heavy atom. The first-order chi connectivity index (χ1) is 18.7. The van der Waals surface area contributed by atoms with Crippen LogP contribution < -0.4 is 20.7 Å². The number of alkyl halides is 2. The molecule has 1 unspecified atom stereocenters. The molecular weight excluding hydrogens is 502 g/mol. The highest BCUT2D eigenvalue weighted by molar-refractivity contribution is 5.95. The van der Waals surface area contributed by atoms with E-state index in [9.17, 15) is 13.6 Å². The van der Waals surface area contributed by atoms with Crippen LogP contribution in [0.1, 0.15) is 61.4 Å². The van der Waals surface area contributed by atoms with Gasteiger partial charge in [-0.15, -0.1) is 0 Å². The normalized spacial score (nSPS) is 20.1. The lowest BCUT2D eigenvalue weighted by atomic mass is 10.0. The highest BCUT2D eigenvalue weighted by Gasteiger charge is 2.32. The van der Waals surface area contributed by atoms with Gasteiger partial charge in [-0.05, 0) is 82.4 Å². The summed E-state index contributed by atoms with van der Waals surface area (Å²) in [5, 5.41) is 9.44. The van der Waals surface area contributed by atoms with E-state index in [1.54, 1.807) is 18.2 Å². The molecule has 1 amide bonds. The van der Waals surface area contributed by atoms with Crippen LogP contribution in [0.3, 0.4) is 0 Å². The number of carbonyl (C=O) groups is 1. The van der Waals surface area contributed by atoms with Crippen molar-refractivity contribution in [2.75, 3.05) is 37.9 Å². The summed E-state index contributed by atoms with van der Waals surface area (Å²) in [6.07, 6.45) is 10.9. The van der Waals surface area contributed by atoms with E-state index in [-0.39, 0.29) is 35.3 Å². The number of piperidine rings is 1. The second-order valence-electron chi connectivity index (χ2n) is 10.8. The van der Waals surface area contributed by atoms with Crippen molar-refractivity contribution < 1.29 is 18.3 Å². The summed E-state index contributed by atoms with van der Waals surface area (Å²) < 4.78 is 34.4. The predicted molar refractivity (Wildman–Crippen MR) is 148 cm³/mol. The van der Waals surface area contributed by atoms with E-state index >= 15 is 0 Å². The number of benzene rings is 1. The Balaban J connectivity index is 1.31. The maximum atomic E-state index is 14.4. The Labute approximate surface area is 227 Å². The van der Waals surface area contributed by atoms with E-state index in [0.717, 1.165) is 64.7 Å². The highest BCUT2D eigenvalue weighted by Crippen LogP contribution is 2.38. The lowest BCUT2D eigenvalue weighted by Gasteiger charge is -2.29. The minimum absolute atomic E-state index is 0.00139. The van der Waals surface area contributed by atoms with Crippen molar-refractivity contribution >= 4 is 23.4 Å². The van der Waals surface area contributed by atoms with Gasteiger partial charge in [0.15, 0.2) is 0 Å². The van der Waals surface area contributed by atoms with Gasteiger partial charge in [-0.2, -0.15) is 4.98 Å². The Kier molecular flexibility index (Phi) is 7.83. The van der Waals surface area contributed by atoms with Gasteiger partial charge in [0, 0.05) is 30.8 Å². The predicted octanol–water partition coefficient (Wildman–Crippen LogP) is 5.39. The standard InChI is InChI=1S/C29H36F2N6O2/c1-29(30,31)23-17-32-28(36-26(23)33-22-14-18-6-4-5-7-19(18)15-22)35-24-9-8-20(16-25(24)39-3)27(38)34-21-10-12-37(2)13-11-21/h4,6,8-9,16-17,21-22H,5,7,10-15H2,1-3H3,(H,34,38)(H2,32,33,35,36). The zero-order valence-corrected chi connectivity index (χ0v) is 22.7. The van der Waals surface area contributed by atoms with Gasteiger partial charge in [0.2, 0.25) is 5.95 Å². The van der Waals surface area contributed by atoms with Crippen LogP contribution in [0.2, 0.25) is 0 Å². The number of hydrogen-bond donors (Lipinski definition) is 3. The zero-order chi connectivity index (χ0) is 27.6. The van der Waals surface area contributed by atoms with Gasteiger partial charge in [-0.1, -0.05) is 17.7 Å². The summed E-state index contributed by atoms with van der Waals surface area (Å²) in [4.78, 5) is 23.7. The lowest BCUT2D eigenvalue weighted by Crippen LogP contribution is -2.43. The molecule has 3 N–H and O–H groups in total. The minimum Gasteiger partial charge on any atom is -0.495 e. The van der Waals surface area contributed by atoms with E-state index < -0.39 is 5.92 Å². The number of hydrogen-bond acceptors (Lipinski definition) is 7. The van der Waals surface area contributed by atoms with Crippen LogP contribution in [0.5, 0.6) is 5.75 Å². The number of carbonyl (C=O) groups excluding carboxylic acids is 1. The molecule has 8 nitrogen and oxygen atoms in total. The number of allylic oxidation sites excluding steroid dienone is 2. The topological polar surface area (TPSA) is 91.4 Å². The number of halogens is 2. The molecule has 0 saturated carbocycles. The van der Waals surface area contributed by atoms with Crippen LogP contribution in [0.25, 0.3) is 0 Å². The number of anilines is 3. The SMILES string of the molecule is COc1cc(C(=O)NC2CCN(C)CC2)ccc1Nc1ncc(C(C)(F)F)c(NC2CC3=C(CCC=C3)C2)n1. The molecule has 2 heterocycles. The first kappa shape index (κ1) is 27.1. The fraction of sp³-hybridized carbons (Fsp3) is 0.483. The molecule has 1 aliphatic heterocycles. The van der Waals surface area contributed by atoms with Crippen LogP contribution >= 0.6 is 0 Å². The second-order valence-corrected chi connectivity index (χ2v) is 10.8. The van der Waals surface area contributed by atoms with Gasteiger partial charge in [0.25, 0.3) is 11.8 Å². The van der Waals surface area contributed by atoms with Crippen molar-refractivity contribution in [2.24, 2.45) is 0 Å². The Morgan fingerprint density at radius 1 is 1.18 bits per heavy atom. The summed E-state index contributed by atoms with van der Waals surface area (Å²) in [7, 11) is 3.59. The quantitative estimate of drug-likeness (QED) is 0.415. The van der Waals surface area contributed by atoms with Crippen molar-refractivity contribution in [3.05, 3.63) is 58.8 Å². The summed E-state index contributed by atoms with van der Waals surface area (Å²) in [5.74, 6) is -2.57. The van der Waals surface area contributed by atoms with E-state index in [4.69, 9.17) is 4.74 Å². The van der Waals surface area contributed by atoms with Crippen LogP contribution in [0.4, 0.5) is 26.2 Å². The monoisotopic (exact) mass is 538 g/mol. The van der Waals surface area contributed by atoms with Gasteiger partial charge in [-0.3, -0.25) is 4.79 Å². The fourth-order valence-electron chi connectivity index (χ4n) is 5.49. The third-order valence-corrected chi connectivity index (χ3v) is 7.71. The molecule has 1 aromatic heterocycles. The van der Waals surface area contributed by atoms with E-state index in [1.807, 2.05) is 0 Å². The molecule has 0 spiro atoms. The molecule has 1 aromatic carbocycles. The van der Waals surface area contributed by atoms with Gasteiger partial charge >= 0.3 is 0 Å². The molecule has 3 aliphatic rings. The largest absolute Gasteiger partial charge is 0.495 e. The number of amides is 1. The first-order valence-electron chi connectivity index (χ1n) is 13.5. The maximum Gasteiger partial charge on any atom is 0.275 e. The number of rotatable bonds is 8. The Morgan fingerprint density at radius 3 is 2.69 bits per heavy atom. The number of ether oxygens (including phenoxy) is 1. The lowest BCUT2D eigenvalue weighted by molar-refractivity contribution is 0.0175. The molecule has 1 saturated heterocycles. The smallest absolute Gasteiger partial charge is 0.275 e. The molecular formula is C29H36F2N6O2. The number of aromatic nitrogens is 2. The third-order valence-electron chi connectivity index (χ3n) is 7.71. The molecule has 10 heteroatoms. The summed E-state index contributed by atoms with van der Waals surface area (Å²) >= 11 is 0. The fourth-order valence-corrected chi connectivity index (χ4v) is 5.49. The number of methoxy groups -OCH3 is 1. The van der Waals surface area contributed by atoms with Gasteiger partial charge in [0.05, 0.1) is 18.4 Å². The summed E-state index contributed by atoms with van der Waals surface area (Å²) in [5.41, 5.74) is 3.43. The molecule has 2 aliphatic carbocycles. The molecule has 2 aromatic rings. The van der Waals surface area contributed by atoms with Gasteiger partial charge in [0.1, 0.15) is 11.6 Å². The van der Waals surface area contributed by atoms with Crippen LogP contribution in [0, 0.1) is 0 Å². The molecule has 39 heavy (non-hydrogen) atoms. The average Bonchev–Trinajstić information content (AvgIpc) is 3.32. The average molecular weight is 539 g/mol. The molecule has 5 rings (SSSR count). The number of nitrogens with one attached hydrogen (secondary N) is 3. The maximum absolute atomic E-state index is 14.4. The molecule has 1 atom stereocenters. The highest BCUT2D eigenvalue weighted by atomic mass is 19.3. The molecule has 0 radical (unpaired) electrons. The van der Waals surface area contributed by atoms with Crippen molar-refractivity contribution in [1.82, 2.24) is 20.2 Å². The van der Waals surface area contributed by atoms with E-state index in [2.05, 4.69) is 50.0 Å².